The molecule has 88 valence electrons. The lowest BCUT2D eigenvalue weighted by Crippen LogP contribution is -2.22. The summed E-state index contributed by atoms with van der Waals surface area (Å²) in [6.45, 7) is 6.38. The van der Waals surface area contributed by atoms with E-state index in [4.69, 9.17) is 0 Å². The minimum absolute atomic E-state index is 0.000139. The Labute approximate surface area is 99.4 Å². The van der Waals surface area contributed by atoms with E-state index in [1.165, 1.54) is 18.2 Å². The maximum atomic E-state index is 13.7. The predicted molar refractivity (Wildman–Crippen MR) is 65.0 cm³/mol. The summed E-state index contributed by atoms with van der Waals surface area (Å²) in [5.74, 6) is -1.12. The zero-order valence-electron chi connectivity index (χ0n) is 9.58. The second kappa shape index (κ2) is 4.53. The lowest BCUT2D eigenvalue weighted by Gasteiger charge is -2.29. The van der Waals surface area contributed by atoms with E-state index in [1.807, 2.05) is 13.0 Å². The fourth-order valence-electron chi connectivity index (χ4n) is 1.92. The lowest BCUT2D eigenvalue weighted by molar-refractivity contribution is 0.509. The Morgan fingerprint density at radius 3 is 2.47 bits per heavy atom. The van der Waals surface area contributed by atoms with Crippen LogP contribution in [0.2, 0.25) is 0 Å². The molecule has 0 bridgehead atoms. The van der Waals surface area contributed by atoms with Crippen LogP contribution in [0.25, 0.3) is 5.70 Å². The lowest BCUT2D eigenvalue weighted by atomic mass is 10.1. The fraction of sp³-hybridized carbons (Fsp3) is 0.143. The first-order chi connectivity index (χ1) is 8.15. The Hall–Kier alpha value is -1.90. The van der Waals surface area contributed by atoms with E-state index in [-0.39, 0.29) is 5.56 Å². The van der Waals surface area contributed by atoms with Crippen LogP contribution in [0.15, 0.2) is 48.7 Å². The van der Waals surface area contributed by atoms with E-state index in [9.17, 15) is 8.78 Å². The van der Waals surface area contributed by atoms with Crippen molar-refractivity contribution in [2.75, 3.05) is 6.54 Å². The minimum Gasteiger partial charge on any atom is -0.342 e. The van der Waals surface area contributed by atoms with E-state index in [1.54, 1.807) is 17.1 Å². The molecule has 1 aromatic rings. The van der Waals surface area contributed by atoms with Crippen LogP contribution >= 0.6 is 0 Å². The first-order valence-corrected chi connectivity index (χ1v) is 5.44. The Kier molecular flexibility index (Phi) is 3.09. The first kappa shape index (κ1) is 11.6. The maximum absolute atomic E-state index is 13.7. The Morgan fingerprint density at radius 2 is 1.88 bits per heavy atom. The molecule has 0 amide bonds. The van der Waals surface area contributed by atoms with Crippen molar-refractivity contribution in [2.45, 2.75) is 6.92 Å². The Balaban J connectivity index is 2.56. The average Bonchev–Trinajstić information content (AvgIpc) is 2.29. The summed E-state index contributed by atoms with van der Waals surface area (Å²) < 4.78 is 27.4. The van der Waals surface area contributed by atoms with Gasteiger partial charge in [-0.25, -0.2) is 8.78 Å². The van der Waals surface area contributed by atoms with Crippen molar-refractivity contribution in [3.63, 3.8) is 0 Å². The molecule has 3 heteroatoms. The van der Waals surface area contributed by atoms with Crippen LogP contribution in [0.3, 0.4) is 0 Å². The highest BCUT2D eigenvalue weighted by molar-refractivity contribution is 5.70. The van der Waals surface area contributed by atoms with Crippen molar-refractivity contribution >= 4 is 5.70 Å². The summed E-state index contributed by atoms with van der Waals surface area (Å²) in [6, 6.07) is 3.88. The van der Waals surface area contributed by atoms with Crippen LogP contribution in [-0.2, 0) is 0 Å². The molecule has 0 aromatic heterocycles. The number of allylic oxidation sites excluding steroid dienone is 3. The molecule has 0 fully saturated rings. The molecule has 2 rings (SSSR count). The van der Waals surface area contributed by atoms with Crippen LogP contribution in [0, 0.1) is 11.6 Å². The molecule has 17 heavy (non-hydrogen) atoms. The third kappa shape index (κ3) is 2.00. The number of nitrogens with zero attached hydrogens (tertiary/aromatic N) is 1. The number of hydrogen-bond donors (Lipinski definition) is 0. The van der Waals surface area contributed by atoms with Gasteiger partial charge in [-0.3, -0.25) is 0 Å². The van der Waals surface area contributed by atoms with Gasteiger partial charge in [-0.15, -0.1) is 0 Å². The molecule has 1 aliphatic heterocycles. The molecule has 1 aromatic carbocycles. The van der Waals surface area contributed by atoms with Crippen LogP contribution in [0.1, 0.15) is 12.5 Å². The summed E-state index contributed by atoms with van der Waals surface area (Å²) in [6.07, 6.45) is 5.25. The molecular formula is C14H13F2N. The van der Waals surface area contributed by atoms with Crippen LogP contribution in [0.5, 0.6) is 0 Å². The second-order valence-corrected chi connectivity index (χ2v) is 3.74. The van der Waals surface area contributed by atoms with Gasteiger partial charge in [-0.05, 0) is 31.2 Å². The van der Waals surface area contributed by atoms with Crippen molar-refractivity contribution in [1.29, 1.82) is 0 Å². The minimum atomic E-state index is -0.558. The van der Waals surface area contributed by atoms with E-state index in [2.05, 4.69) is 6.58 Å². The molecule has 0 saturated carbocycles. The summed E-state index contributed by atoms with van der Waals surface area (Å²) in [7, 11) is 0. The molecule has 0 aliphatic carbocycles. The van der Waals surface area contributed by atoms with E-state index in [0.717, 1.165) is 5.70 Å². The van der Waals surface area contributed by atoms with Crippen molar-refractivity contribution in [3.05, 3.63) is 65.9 Å². The molecule has 1 aliphatic rings. The third-order valence-electron chi connectivity index (χ3n) is 2.72. The van der Waals surface area contributed by atoms with Gasteiger partial charge in [0.2, 0.25) is 0 Å². The number of halogens is 2. The van der Waals surface area contributed by atoms with Crippen LogP contribution in [-0.4, -0.2) is 11.4 Å². The topological polar surface area (TPSA) is 3.24 Å². The molecule has 0 unspecified atom stereocenters. The van der Waals surface area contributed by atoms with Crippen LogP contribution < -0.4 is 0 Å². The molecule has 0 radical (unpaired) electrons. The van der Waals surface area contributed by atoms with Gasteiger partial charge in [0.1, 0.15) is 11.6 Å². The SMILES string of the molecule is C=C1C=CC=C(c2c(F)cccc2F)N1CC. The maximum Gasteiger partial charge on any atom is 0.135 e. The van der Waals surface area contributed by atoms with Crippen molar-refractivity contribution in [2.24, 2.45) is 0 Å². The number of hydrogen-bond acceptors (Lipinski definition) is 1. The summed E-state index contributed by atoms with van der Waals surface area (Å²) >= 11 is 0. The predicted octanol–water partition coefficient (Wildman–Crippen LogP) is 3.71. The zero-order chi connectivity index (χ0) is 12.4. The highest BCUT2D eigenvalue weighted by atomic mass is 19.1. The van der Waals surface area contributed by atoms with Crippen molar-refractivity contribution in [3.8, 4) is 0 Å². The van der Waals surface area contributed by atoms with Gasteiger partial charge >= 0.3 is 0 Å². The summed E-state index contributed by atoms with van der Waals surface area (Å²) in [4.78, 5) is 1.78. The second-order valence-electron chi connectivity index (χ2n) is 3.74. The van der Waals surface area contributed by atoms with E-state index >= 15 is 0 Å². The number of benzene rings is 1. The molecule has 0 saturated heterocycles. The van der Waals surface area contributed by atoms with Gasteiger partial charge in [-0.1, -0.05) is 18.7 Å². The zero-order valence-corrected chi connectivity index (χ0v) is 9.58. The van der Waals surface area contributed by atoms with Crippen molar-refractivity contribution in [1.82, 2.24) is 4.90 Å². The molecule has 1 heterocycles. The smallest absolute Gasteiger partial charge is 0.135 e. The molecule has 0 spiro atoms. The van der Waals surface area contributed by atoms with Gasteiger partial charge in [0.25, 0.3) is 0 Å². The number of likely N-dealkylation sites (N-methyl/N-ethyl adjacent to an activating group) is 1. The Morgan fingerprint density at radius 1 is 1.24 bits per heavy atom. The van der Waals surface area contributed by atoms with Gasteiger partial charge in [0.05, 0.1) is 11.3 Å². The Bertz CT molecular complexity index is 495. The quantitative estimate of drug-likeness (QED) is 0.752. The largest absolute Gasteiger partial charge is 0.342 e. The van der Waals surface area contributed by atoms with Gasteiger partial charge in [0, 0.05) is 12.2 Å². The van der Waals surface area contributed by atoms with Gasteiger partial charge in [0.15, 0.2) is 0 Å². The molecular weight excluding hydrogens is 220 g/mol. The fourth-order valence-corrected chi connectivity index (χ4v) is 1.92. The average molecular weight is 233 g/mol. The van der Waals surface area contributed by atoms with Gasteiger partial charge < -0.3 is 4.90 Å². The summed E-state index contributed by atoms with van der Waals surface area (Å²) in [5.41, 5.74) is 1.24. The van der Waals surface area contributed by atoms with Crippen molar-refractivity contribution < 1.29 is 8.78 Å². The summed E-state index contributed by atoms with van der Waals surface area (Å²) in [5, 5.41) is 0. The molecule has 1 nitrogen and oxygen atoms in total. The van der Waals surface area contributed by atoms with Gasteiger partial charge in [-0.2, -0.15) is 0 Å². The standard InChI is InChI=1S/C14H13F2N/c1-3-17-10(2)6-4-9-13(17)14-11(15)7-5-8-12(14)16/h4-9H,2-3H2,1H3. The van der Waals surface area contributed by atoms with E-state index in [0.29, 0.717) is 12.2 Å². The monoisotopic (exact) mass is 233 g/mol. The number of rotatable bonds is 2. The highest BCUT2D eigenvalue weighted by Gasteiger charge is 2.20. The van der Waals surface area contributed by atoms with E-state index < -0.39 is 11.6 Å². The third-order valence-corrected chi connectivity index (χ3v) is 2.72. The normalized spacial score (nSPS) is 15.1. The molecule has 0 atom stereocenters. The van der Waals surface area contributed by atoms with Crippen LogP contribution in [0.4, 0.5) is 8.78 Å². The molecule has 0 N–H and O–H groups in total. The first-order valence-electron chi connectivity index (χ1n) is 5.44. The highest BCUT2D eigenvalue weighted by Crippen LogP contribution is 2.30.